The molecule has 0 saturated heterocycles. The Bertz CT molecular complexity index is 1070. The van der Waals surface area contributed by atoms with Crippen LogP contribution in [0.25, 0.3) is 0 Å². The first-order chi connectivity index (χ1) is 12.3. The van der Waals surface area contributed by atoms with E-state index in [4.69, 9.17) is 5.14 Å². The van der Waals surface area contributed by atoms with Crippen molar-refractivity contribution in [1.82, 2.24) is 0 Å². The van der Waals surface area contributed by atoms with Gasteiger partial charge in [-0.15, -0.1) is 0 Å². The number of primary sulfonamides is 1. The predicted molar refractivity (Wildman–Crippen MR) is 100 cm³/mol. The van der Waals surface area contributed by atoms with Crippen molar-refractivity contribution in [3.63, 3.8) is 0 Å². The van der Waals surface area contributed by atoms with Gasteiger partial charge in [0, 0.05) is 0 Å². The lowest BCUT2D eigenvalue weighted by Gasteiger charge is -2.25. The molecule has 0 bridgehead atoms. The molecule has 0 radical (unpaired) electrons. The third-order valence-electron chi connectivity index (χ3n) is 3.66. The third kappa shape index (κ3) is 3.48. The standard InChI is InChI=1S/C18H16N2O4S2/c19-25(21,22)17-13-7-8-14-18(17)26(23,24)20(15-9-3-1-4-10-15)16-11-5-2-6-12-16/h1-14H,(H2,19,21,22). The molecule has 0 heterocycles. The molecule has 0 saturated carbocycles. The Balaban J connectivity index is 2.29. The van der Waals surface area contributed by atoms with Crippen LogP contribution >= 0.6 is 0 Å². The fourth-order valence-corrected chi connectivity index (χ4v) is 5.40. The molecule has 0 spiro atoms. The number of nitrogens with zero attached hydrogens (tertiary/aromatic N) is 1. The normalized spacial score (nSPS) is 11.9. The second kappa shape index (κ2) is 6.91. The molecule has 134 valence electrons. The highest BCUT2D eigenvalue weighted by molar-refractivity contribution is 7.94. The first-order valence-corrected chi connectivity index (χ1v) is 10.6. The molecule has 26 heavy (non-hydrogen) atoms. The van der Waals surface area contributed by atoms with E-state index >= 15 is 0 Å². The summed E-state index contributed by atoms with van der Waals surface area (Å²) in [5.41, 5.74) is 0.755. The minimum Gasteiger partial charge on any atom is -0.234 e. The lowest BCUT2D eigenvalue weighted by molar-refractivity contribution is 0.583. The van der Waals surface area contributed by atoms with Crippen molar-refractivity contribution in [3.05, 3.63) is 84.9 Å². The van der Waals surface area contributed by atoms with Crippen molar-refractivity contribution in [1.29, 1.82) is 0 Å². The third-order valence-corrected chi connectivity index (χ3v) is 6.57. The summed E-state index contributed by atoms with van der Waals surface area (Å²) in [4.78, 5) is -0.827. The van der Waals surface area contributed by atoms with Crippen LogP contribution in [0.15, 0.2) is 94.7 Å². The Kier molecular flexibility index (Phi) is 4.82. The molecule has 0 atom stereocenters. The SMILES string of the molecule is NS(=O)(=O)c1ccccc1S(=O)(=O)N(c1ccccc1)c1ccccc1. The van der Waals surface area contributed by atoms with E-state index in [0.29, 0.717) is 11.4 Å². The van der Waals surface area contributed by atoms with Gasteiger partial charge in [0.1, 0.15) is 9.79 Å². The molecule has 0 amide bonds. The molecule has 6 nitrogen and oxygen atoms in total. The Morgan fingerprint density at radius 2 is 0.962 bits per heavy atom. The fraction of sp³-hybridized carbons (Fsp3) is 0. The molecule has 3 rings (SSSR count). The van der Waals surface area contributed by atoms with Crippen LogP contribution in [0.5, 0.6) is 0 Å². The Morgan fingerprint density at radius 1 is 0.577 bits per heavy atom. The van der Waals surface area contributed by atoms with Gasteiger partial charge < -0.3 is 0 Å². The molecule has 2 N–H and O–H groups in total. The number of hydrogen-bond donors (Lipinski definition) is 1. The molecular formula is C18H16N2O4S2. The van der Waals surface area contributed by atoms with E-state index in [1.807, 2.05) is 0 Å². The first-order valence-electron chi connectivity index (χ1n) is 7.59. The van der Waals surface area contributed by atoms with Crippen LogP contribution in [0.3, 0.4) is 0 Å². The van der Waals surface area contributed by atoms with Crippen molar-refractivity contribution < 1.29 is 16.8 Å². The van der Waals surface area contributed by atoms with E-state index in [1.165, 1.54) is 24.3 Å². The summed E-state index contributed by atoms with van der Waals surface area (Å²) in [6, 6.07) is 22.1. The number of sulfonamides is 2. The van der Waals surface area contributed by atoms with Gasteiger partial charge in [0.25, 0.3) is 10.0 Å². The Labute approximate surface area is 152 Å². The van der Waals surface area contributed by atoms with Crippen molar-refractivity contribution in [2.24, 2.45) is 5.14 Å². The van der Waals surface area contributed by atoms with E-state index in [1.54, 1.807) is 60.7 Å². The van der Waals surface area contributed by atoms with Gasteiger partial charge in [-0.1, -0.05) is 48.5 Å². The molecule has 0 aliphatic carbocycles. The minimum absolute atomic E-state index is 0.378. The van der Waals surface area contributed by atoms with Crippen molar-refractivity contribution >= 4 is 31.4 Å². The number of rotatable bonds is 5. The number of benzene rings is 3. The quantitative estimate of drug-likeness (QED) is 0.727. The highest BCUT2D eigenvalue weighted by atomic mass is 32.2. The smallest absolute Gasteiger partial charge is 0.234 e. The number of hydrogen-bond acceptors (Lipinski definition) is 4. The summed E-state index contributed by atoms with van der Waals surface area (Å²) in [7, 11) is -8.47. The van der Waals surface area contributed by atoms with E-state index in [0.717, 1.165) is 4.31 Å². The molecule has 0 aliphatic rings. The van der Waals surface area contributed by atoms with Crippen LogP contribution in [0.2, 0.25) is 0 Å². The van der Waals surface area contributed by atoms with Gasteiger partial charge in [-0.3, -0.25) is 0 Å². The lowest BCUT2D eigenvalue weighted by Crippen LogP contribution is -2.28. The van der Waals surface area contributed by atoms with E-state index in [9.17, 15) is 16.8 Å². The molecule has 0 unspecified atom stereocenters. The summed E-state index contributed by atoms with van der Waals surface area (Å²) >= 11 is 0. The Hall–Kier alpha value is -2.68. The minimum atomic E-state index is -4.25. The van der Waals surface area contributed by atoms with Gasteiger partial charge >= 0.3 is 0 Å². The largest absolute Gasteiger partial charge is 0.270 e. The highest BCUT2D eigenvalue weighted by Gasteiger charge is 2.31. The Morgan fingerprint density at radius 3 is 1.38 bits per heavy atom. The second-order valence-corrected chi connectivity index (χ2v) is 8.72. The summed E-state index contributed by atoms with van der Waals surface area (Å²) < 4.78 is 51.7. The average molecular weight is 388 g/mol. The topological polar surface area (TPSA) is 97.5 Å². The van der Waals surface area contributed by atoms with Crippen LogP contribution in [0.1, 0.15) is 0 Å². The molecule has 0 aliphatic heterocycles. The highest BCUT2D eigenvalue weighted by Crippen LogP contribution is 2.34. The summed E-state index contributed by atoms with van der Waals surface area (Å²) in [5.74, 6) is 0. The summed E-state index contributed by atoms with van der Waals surface area (Å²) in [6.07, 6.45) is 0. The number of para-hydroxylation sites is 2. The maximum absolute atomic E-state index is 13.4. The molecule has 8 heteroatoms. The van der Waals surface area contributed by atoms with Crippen LogP contribution < -0.4 is 9.44 Å². The van der Waals surface area contributed by atoms with Crippen molar-refractivity contribution in [3.8, 4) is 0 Å². The van der Waals surface area contributed by atoms with Gasteiger partial charge in [0.2, 0.25) is 10.0 Å². The average Bonchev–Trinajstić information content (AvgIpc) is 2.63. The first kappa shape index (κ1) is 18.1. The van der Waals surface area contributed by atoms with Crippen molar-refractivity contribution in [2.75, 3.05) is 4.31 Å². The monoisotopic (exact) mass is 388 g/mol. The number of nitrogens with two attached hydrogens (primary N) is 1. The zero-order valence-electron chi connectivity index (χ0n) is 13.6. The molecule has 3 aromatic carbocycles. The molecule has 3 aromatic rings. The van der Waals surface area contributed by atoms with Crippen LogP contribution in [0, 0.1) is 0 Å². The zero-order valence-corrected chi connectivity index (χ0v) is 15.2. The lowest BCUT2D eigenvalue weighted by atomic mass is 10.3. The van der Waals surface area contributed by atoms with E-state index < -0.39 is 24.9 Å². The van der Waals surface area contributed by atoms with E-state index in [-0.39, 0.29) is 4.90 Å². The maximum atomic E-state index is 13.4. The fourth-order valence-electron chi connectivity index (χ4n) is 2.55. The van der Waals surface area contributed by atoms with Crippen LogP contribution in [0.4, 0.5) is 11.4 Å². The second-order valence-electron chi connectivity index (χ2n) is 5.43. The molecule has 0 aromatic heterocycles. The zero-order chi connectivity index (χ0) is 18.8. The molecule has 0 fully saturated rings. The van der Waals surface area contributed by atoms with Gasteiger partial charge in [-0.2, -0.15) is 0 Å². The number of anilines is 2. The van der Waals surface area contributed by atoms with Gasteiger partial charge in [-0.05, 0) is 36.4 Å². The van der Waals surface area contributed by atoms with Gasteiger partial charge in [-0.25, -0.2) is 26.3 Å². The maximum Gasteiger partial charge on any atom is 0.270 e. The van der Waals surface area contributed by atoms with Gasteiger partial charge in [0.15, 0.2) is 0 Å². The van der Waals surface area contributed by atoms with Crippen molar-refractivity contribution in [2.45, 2.75) is 9.79 Å². The van der Waals surface area contributed by atoms with Gasteiger partial charge in [0.05, 0.1) is 11.4 Å². The van der Waals surface area contributed by atoms with Crippen LogP contribution in [-0.4, -0.2) is 16.8 Å². The molecular weight excluding hydrogens is 372 g/mol. The van der Waals surface area contributed by atoms with E-state index in [2.05, 4.69) is 0 Å². The summed E-state index contributed by atoms with van der Waals surface area (Å²) in [5, 5.41) is 5.22. The summed E-state index contributed by atoms with van der Waals surface area (Å²) in [6.45, 7) is 0. The predicted octanol–water partition coefficient (Wildman–Crippen LogP) is 2.86. The van der Waals surface area contributed by atoms with Crippen LogP contribution in [-0.2, 0) is 20.0 Å².